The molecule has 4 heteroatoms. The predicted octanol–water partition coefficient (Wildman–Crippen LogP) is 3.13. The lowest BCUT2D eigenvalue weighted by Crippen LogP contribution is -2.33. The molecule has 2 aromatic rings. The number of carbonyl (C=O) groups excluding carboxylic acids is 1. The maximum Gasteiger partial charge on any atom is 0.261 e. The zero-order valence-electron chi connectivity index (χ0n) is 12.1. The lowest BCUT2D eigenvalue weighted by atomic mass is 10.1. The third-order valence-electron chi connectivity index (χ3n) is 3.25. The van der Waals surface area contributed by atoms with Crippen molar-refractivity contribution in [3.05, 3.63) is 65.5 Å². The first kappa shape index (κ1) is 15.2. The summed E-state index contributed by atoms with van der Waals surface area (Å²) in [6.07, 6.45) is 0.661. The van der Waals surface area contributed by atoms with E-state index in [-0.39, 0.29) is 11.5 Å². The Balaban J connectivity index is 2.34. The maximum atomic E-state index is 14.0. The molecule has 0 bridgehead atoms. The number of aryl methyl sites for hydroxylation is 1. The topological polar surface area (TPSA) is 46.3 Å². The van der Waals surface area contributed by atoms with Crippen molar-refractivity contribution in [2.75, 3.05) is 18.0 Å². The van der Waals surface area contributed by atoms with Crippen LogP contribution in [0.5, 0.6) is 0 Å². The van der Waals surface area contributed by atoms with Crippen molar-refractivity contribution in [1.82, 2.24) is 0 Å². The second-order valence-corrected chi connectivity index (χ2v) is 4.92. The predicted molar refractivity (Wildman–Crippen MR) is 82.9 cm³/mol. The molecular weight excluding hydrogens is 267 g/mol. The van der Waals surface area contributed by atoms with Gasteiger partial charge in [0.05, 0.1) is 5.56 Å². The summed E-state index contributed by atoms with van der Waals surface area (Å²) in [7, 11) is 0. The van der Waals surface area contributed by atoms with Gasteiger partial charge >= 0.3 is 0 Å². The molecule has 2 aromatic carbocycles. The minimum absolute atomic E-state index is 0.0847. The van der Waals surface area contributed by atoms with Gasteiger partial charge in [0.25, 0.3) is 5.91 Å². The molecule has 1 amide bonds. The number of para-hydroxylation sites is 1. The van der Waals surface area contributed by atoms with Crippen LogP contribution in [0.1, 0.15) is 22.3 Å². The van der Waals surface area contributed by atoms with E-state index in [9.17, 15) is 9.18 Å². The highest BCUT2D eigenvalue weighted by atomic mass is 19.1. The van der Waals surface area contributed by atoms with Crippen LogP contribution < -0.4 is 10.6 Å². The van der Waals surface area contributed by atoms with E-state index in [1.54, 1.807) is 17.9 Å². The number of nitrogens with two attached hydrogens (primary N) is 1. The van der Waals surface area contributed by atoms with Crippen molar-refractivity contribution < 1.29 is 9.18 Å². The molecule has 0 aromatic heterocycles. The fourth-order valence-corrected chi connectivity index (χ4v) is 2.14. The summed E-state index contributed by atoms with van der Waals surface area (Å²) in [5.41, 5.74) is 7.15. The first-order chi connectivity index (χ1) is 10.1. The number of benzene rings is 2. The number of carbonyl (C=O) groups is 1. The van der Waals surface area contributed by atoms with Gasteiger partial charge in [-0.1, -0.05) is 24.3 Å². The van der Waals surface area contributed by atoms with Gasteiger partial charge in [-0.05, 0) is 49.7 Å². The van der Waals surface area contributed by atoms with Gasteiger partial charge in [-0.25, -0.2) is 4.39 Å². The molecular formula is C17H19FN2O. The third kappa shape index (κ3) is 3.67. The zero-order valence-corrected chi connectivity index (χ0v) is 12.1. The van der Waals surface area contributed by atoms with E-state index in [0.717, 1.165) is 11.3 Å². The molecule has 0 spiro atoms. The van der Waals surface area contributed by atoms with Crippen LogP contribution in [0.2, 0.25) is 0 Å². The quantitative estimate of drug-likeness (QED) is 0.918. The number of rotatable bonds is 5. The summed E-state index contributed by atoms with van der Waals surface area (Å²) < 4.78 is 14.0. The molecule has 110 valence electrons. The van der Waals surface area contributed by atoms with Crippen LogP contribution >= 0.6 is 0 Å². The van der Waals surface area contributed by atoms with E-state index in [1.807, 2.05) is 30.3 Å². The number of halogens is 1. The molecule has 21 heavy (non-hydrogen) atoms. The Morgan fingerprint density at radius 3 is 2.52 bits per heavy atom. The molecule has 0 aliphatic rings. The summed E-state index contributed by atoms with van der Waals surface area (Å²) in [6.45, 7) is 2.74. The van der Waals surface area contributed by atoms with Gasteiger partial charge in [-0.3, -0.25) is 4.79 Å². The molecule has 0 atom stereocenters. The number of hydrogen-bond acceptors (Lipinski definition) is 2. The zero-order chi connectivity index (χ0) is 15.2. The summed E-state index contributed by atoms with van der Waals surface area (Å²) >= 11 is 0. The van der Waals surface area contributed by atoms with Gasteiger partial charge in [0.15, 0.2) is 0 Å². The molecule has 0 heterocycles. The van der Waals surface area contributed by atoms with E-state index in [0.29, 0.717) is 19.5 Å². The number of amides is 1. The minimum atomic E-state index is -0.492. The molecule has 2 N–H and O–H groups in total. The Hall–Kier alpha value is -2.20. The van der Waals surface area contributed by atoms with Gasteiger partial charge in [-0.15, -0.1) is 0 Å². The Kier molecular flexibility index (Phi) is 5.06. The minimum Gasteiger partial charge on any atom is -0.330 e. The van der Waals surface area contributed by atoms with E-state index in [2.05, 4.69) is 0 Å². The standard InChI is InChI=1S/C17H19FN2O/c1-13-8-9-15(16(18)12-13)17(21)20(11-5-10-19)14-6-3-2-4-7-14/h2-4,6-9,12H,5,10-11,19H2,1H3. The van der Waals surface area contributed by atoms with Crippen molar-refractivity contribution in [2.45, 2.75) is 13.3 Å². The molecule has 0 aliphatic carbocycles. The van der Waals surface area contributed by atoms with E-state index in [1.165, 1.54) is 12.1 Å². The van der Waals surface area contributed by atoms with Crippen LogP contribution in [0.3, 0.4) is 0 Å². The van der Waals surface area contributed by atoms with Crippen LogP contribution in [0.25, 0.3) is 0 Å². The average molecular weight is 286 g/mol. The van der Waals surface area contributed by atoms with Crippen LogP contribution in [0.4, 0.5) is 10.1 Å². The molecule has 0 radical (unpaired) electrons. The molecule has 0 saturated heterocycles. The number of anilines is 1. The van der Waals surface area contributed by atoms with Gasteiger partial charge < -0.3 is 10.6 Å². The summed E-state index contributed by atoms with van der Waals surface area (Å²) in [5.74, 6) is -0.833. The summed E-state index contributed by atoms with van der Waals surface area (Å²) in [6, 6.07) is 13.9. The summed E-state index contributed by atoms with van der Waals surface area (Å²) in [4.78, 5) is 14.2. The Morgan fingerprint density at radius 1 is 1.19 bits per heavy atom. The highest BCUT2D eigenvalue weighted by Gasteiger charge is 2.20. The highest BCUT2D eigenvalue weighted by Crippen LogP contribution is 2.19. The van der Waals surface area contributed by atoms with E-state index >= 15 is 0 Å². The van der Waals surface area contributed by atoms with Crippen LogP contribution in [-0.2, 0) is 0 Å². The van der Waals surface area contributed by atoms with Crippen LogP contribution in [0, 0.1) is 12.7 Å². The fourth-order valence-electron chi connectivity index (χ4n) is 2.14. The smallest absolute Gasteiger partial charge is 0.261 e. The van der Waals surface area contributed by atoms with Gasteiger partial charge in [0.2, 0.25) is 0 Å². The normalized spacial score (nSPS) is 10.4. The SMILES string of the molecule is Cc1ccc(C(=O)N(CCCN)c2ccccc2)c(F)c1. The van der Waals surface area contributed by atoms with Gasteiger partial charge in [-0.2, -0.15) is 0 Å². The van der Waals surface area contributed by atoms with Crippen molar-refractivity contribution in [1.29, 1.82) is 0 Å². The Labute approximate surface area is 124 Å². The average Bonchev–Trinajstić information content (AvgIpc) is 2.48. The van der Waals surface area contributed by atoms with Gasteiger partial charge in [0, 0.05) is 12.2 Å². The lowest BCUT2D eigenvalue weighted by Gasteiger charge is -2.23. The third-order valence-corrected chi connectivity index (χ3v) is 3.25. The maximum absolute atomic E-state index is 14.0. The van der Waals surface area contributed by atoms with Crippen molar-refractivity contribution in [3.8, 4) is 0 Å². The number of nitrogens with zero attached hydrogens (tertiary/aromatic N) is 1. The molecule has 2 rings (SSSR count). The molecule has 0 saturated carbocycles. The molecule has 0 unspecified atom stereocenters. The largest absolute Gasteiger partial charge is 0.330 e. The molecule has 0 aliphatic heterocycles. The molecule has 3 nitrogen and oxygen atoms in total. The lowest BCUT2D eigenvalue weighted by molar-refractivity contribution is 0.0983. The molecule has 0 fully saturated rings. The van der Waals surface area contributed by atoms with Crippen molar-refractivity contribution in [2.24, 2.45) is 5.73 Å². The van der Waals surface area contributed by atoms with Crippen molar-refractivity contribution >= 4 is 11.6 Å². The second kappa shape index (κ2) is 6.99. The fraction of sp³-hybridized carbons (Fsp3) is 0.235. The second-order valence-electron chi connectivity index (χ2n) is 4.92. The Morgan fingerprint density at radius 2 is 1.90 bits per heavy atom. The van der Waals surface area contributed by atoms with E-state index in [4.69, 9.17) is 5.73 Å². The Bertz CT molecular complexity index is 613. The monoisotopic (exact) mass is 286 g/mol. The van der Waals surface area contributed by atoms with E-state index < -0.39 is 5.82 Å². The van der Waals surface area contributed by atoms with Gasteiger partial charge in [0.1, 0.15) is 5.82 Å². The van der Waals surface area contributed by atoms with Crippen LogP contribution in [-0.4, -0.2) is 19.0 Å². The summed E-state index contributed by atoms with van der Waals surface area (Å²) in [5, 5.41) is 0. The number of hydrogen-bond donors (Lipinski definition) is 1. The first-order valence-electron chi connectivity index (χ1n) is 6.96. The highest BCUT2D eigenvalue weighted by molar-refractivity contribution is 6.06. The van der Waals surface area contributed by atoms with Crippen molar-refractivity contribution in [3.63, 3.8) is 0 Å². The first-order valence-corrected chi connectivity index (χ1v) is 6.96. The van der Waals surface area contributed by atoms with Crippen LogP contribution in [0.15, 0.2) is 48.5 Å².